The number of aromatic nitrogens is 2. The monoisotopic (exact) mass is 342 g/mol. The maximum Gasteiger partial charge on any atom is 0.241 e. The van der Waals surface area contributed by atoms with E-state index in [0.717, 1.165) is 0 Å². The van der Waals surface area contributed by atoms with Gasteiger partial charge in [-0.05, 0) is 12.1 Å². The van der Waals surface area contributed by atoms with Gasteiger partial charge in [-0.2, -0.15) is 4.98 Å². The lowest BCUT2D eigenvalue weighted by Crippen LogP contribution is -2.09. The summed E-state index contributed by atoms with van der Waals surface area (Å²) in [4.78, 5) is 8.04. The average Bonchev–Trinajstić information content (AvgIpc) is 2.46. The number of hydrogen-bond donors (Lipinski definition) is 1. The molecule has 106 valence electrons. The molecule has 1 atom stereocenters. The molecule has 5 nitrogen and oxygen atoms in total. The van der Waals surface area contributed by atoms with Gasteiger partial charge < -0.3 is 14.6 Å². The highest BCUT2D eigenvalue weighted by atomic mass is 79.9. The van der Waals surface area contributed by atoms with Gasteiger partial charge >= 0.3 is 0 Å². The van der Waals surface area contributed by atoms with Gasteiger partial charge in [-0.15, -0.1) is 0 Å². The summed E-state index contributed by atoms with van der Waals surface area (Å²) in [5, 5.41) is 10.3. The number of methoxy groups -OCH3 is 2. The number of hydrogen-bond acceptors (Lipinski definition) is 5. The second kappa shape index (κ2) is 6.15. The molecule has 0 radical (unpaired) electrons. The molecule has 2 rings (SSSR count). The van der Waals surface area contributed by atoms with Gasteiger partial charge in [0.1, 0.15) is 17.6 Å². The molecular weight excluding hydrogens is 331 g/mol. The maximum atomic E-state index is 13.9. The molecule has 20 heavy (non-hydrogen) atoms. The smallest absolute Gasteiger partial charge is 0.241 e. The predicted octanol–water partition coefficient (Wildman–Crippen LogP) is 2.48. The summed E-state index contributed by atoms with van der Waals surface area (Å²) in [7, 11) is 2.82. The van der Waals surface area contributed by atoms with Crippen LogP contribution in [0.15, 0.2) is 28.9 Å². The molecule has 0 bridgehead atoms. The number of nitrogens with zero attached hydrogens (tertiary/aromatic N) is 2. The maximum absolute atomic E-state index is 13.9. The molecule has 0 aliphatic rings. The van der Waals surface area contributed by atoms with Crippen LogP contribution in [0.3, 0.4) is 0 Å². The van der Waals surface area contributed by atoms with Gasteiger partial charge in [0.05, 0.1) is 20.4 Å². The minimum Gasteiger partial charge on any atom is -0.480 e. The molecule has 1 aromatic heterocycles. The molecule has 0 amide bonds. The Bertz CT molecular complexity index is 604. The fourth-order valence-corrected chi connectivity index (χ4v) is 2.27. The number of rotatable bonds is 4. The van der Waals surface area contributed by atoms with Crippen LogP contribution < -0.4 is 9.47 Å². The van der Waals surface area contributed by atoms with Crippen LogP contribution >= 0.6 is 15.9 Å². The van der Waals surface area contributed by atoms with Crippen LogP contribution in [0, 0.1) is 5.82 Å². The summed E-state index contributed by atoms with van der Waals surface area (Å²) in [6.07, 6.45) is 0.0226. The lowest BCUT2D eigenvalue weighted by Gasteiger charge is -2.15. The molecule has 0 saturated carbocycles. The van der Waals surface area contributed by atoms with Crippen LogP contribution in [0.2, 0.25) is 0 Å². The molecule has 7 heteroatoms. The quantitative estimate of drug-likeness (QED) is 0.924. The van der Waals surface area contributed by atoms with Crippen LogP contribution in [0.5, 0.6) is 11.8 Å². The van der Waals surface area contributed by atoms with Gasteiger partial charge in [-0.3, -0.25) is 0 Å². The van der Waals surface area contributed by atoms with Crippen molar-refractivity contribution < 1.29 is 19.0 Å². The molecule has 0 spiro atoms. The Morgan fingerprint density at radius 1 is 1.30 bits per heavy atom. The largest absolute Gasteiger partial charge is 0.480 e. The van der Waals surface area contributed by atoms with E-state index in [-0.39, 0.29) is 23.0 Å². The molecule has 0 saturated heterocycles. The Kier molecular flexibility index (Phi) is 4.51. The molecule has 0 aliphatic heterocycles. The van der Waals surface area contributed by atoms with Crippen LogP contribution in [0.25, 0.3) is 0 Å². The summed E-state index contributed by atoms with van der Waals surface area (Å²) in [5.74, 6) is -0.232. The number of ether oxygens (including phenoxy) is 2. The molecule has 2 aromatic rings. The van der Waals surface area contributed by atoms with Gasteiger partial charge in [0.2, 0.25) is 11.8 Å². The molecule has 1 heterocycles. The first kappa shape index (κ1) is 14.7. The van der Waals surface area contributed by atoms with Crippen LogP contribution in [0.4, 0.5) is 4.39 Å². The van der Waals surface area contributed by atoms with E-state index in [0.29, 0.717) is 4.47 Å². The van der Waals surface area contributed by atoms with E-state index in [4.69, 9.17) is 9.47 Å². The molecule has 1 unspecified atom stereocenters. The first-order valence-electron chi connectivity index (χ1n) is 5.65. The van der Waals surface area contributed by atoms with E-state index in [1.807, 2.05) is 0 Å². The van der Waals surface area contributed by atoms with Crippen LogP contribution in [-0.2, 0) is 0 Å². The SMILES string of the molecule is COc1cnc(C(O)c2c(F)cccc2Br)c(OC)n1. The molecule has 0 aliphatic carbocycles. The minimum atomic E-state index is -1.31. The third-order valence-corrected chi connectivity index (χ3v) is 3.37. The van der Waals surface area contributed by atoms with Crippen molar-refractivity contribution >= 4 is 15.9 Å². The van der Waals surface area contributed by atoms with Crippen molar-refractivity contribution in [2.45, 2.75) is 6.10 Å². The number of halogens is 2. The van der Waals surface area contributed by atoms with E-state index in [9.17, 15) is 9.50 Å². The van der Waals surface area contributed by atoms with Gasteiger partial charge in [-0.1, -0.05) is 22.0 Å². The normalized spacial score (nSPS) is 12.1. The van der Waals surface area contributed by atoms with E-state index in [1.165, 1.54) is 32.5 Å². The van der Waals surface area contributed by atoms with Gasteiger partial charge in [0.25, 0.3) is 0 Å². The third-order valence-electron chi connectivity index (χ3n) is 2.68. The summed E-state index contributed by atoms with van der Waals surface area (Å²) >= 11 is 3.21. The summed E-state index contributed by atoms with van der Waals surface area (Å²) in [6, 6.07) is 4.42. The Hall–Kier alpha value is -1.73. The molecular formula is C13H12BrFN2O3. The molecule has 1 N–H and O–H groups in total. The van der Waals surface area contributed by atoms with Crippen molar-refractivity contribution in [2.24, 2.45) is 0 Å². The van der Waals surface area contributed by atoms with Gasteiger partial charge in [0, 0.05) is 10.0 Å². The highest BCUT2D eigenvalue weighted by Gasteiger charge is 2.24. The summed E-state index contributed by atoms with van der Waals surface area (Å²) in [5.41, 5.74) is 0.185. The second-order valence-electron chi connectivity index (χ2n) is 3.84. The van der Waals surface area contributed by atoms with Crippen molar-refractivity contribution in [3.8, 4) is 11.8 Å². The fourth-order valence-electron chi connectivity index (χ4n) is 1.71. The number of benzene rings is 1. The number of aliphatic hydroxyl groups is 1. The van der Waals surface area contributed by atoms with Crippen molar-refractivity contribution in [1.82, 2.24) is 9.97 Å². The van der Waals surface area contributed by atoms with E-state index in [2.05, 4.69) is 25.9 Å². The van der Waals surface area contributed by atoms with E-state index >= 15 is 0 Å². The van der Waals surface area contributed by atoms with E-state index < -0.39 is 11.9 Å². The number of aliphatic hydroxyl groups excluding tert-OH is 1. The highest BCUT2D eigenvalue weighted by molar-refractivity contribution is 9.10. The van der Waals surface area contributed by atoms with Gasteiger partial charge in [0.15, 0.2) is 0 Å². The lowest BCUT2D eigenvalue weighted by molar-refractivity contribution is 0.201. The summed E-state index contributed by atoms with van der Waals surface area (Å²) in [6.45, 7) is 0. The first-order chi connectivity index (χ1) is 9.58. The summed E-state index contributed by atoms with van der Waals surface area (Å²) < 4.78 is 24.3. The zero-order valence-corrected chi connectivity index (χ0v) is 12.4. The highest BCUT2D eigenvalue weighted by Crippen LogP contribution is 2.33. The Balaban J connectivity index is 2.50. The van der Waals surface area contributed by atoms with Crippen molar-refractivity contribution in [3.63, 3.8) is 0 Å². The average molecular weight is 343 g/mol. The lowest BCUT2D eigenvalue weighted by atomic mass is 10.1. The standard InChI is InChI=1S/C13H12BrFN2O3/c1-19-9-6-16-11(13(17-9)20-2)12(18)10-7(14)4-3-5-8(10)15/h3-6,12,18H,1-2H3. The van der Waals surface area contributed by atoms with Crippen molar-refractivity contribution in [2.75, 3.05) is 14.2 Å². The van der Waals surface area contributed by atoms with Crippen LogP contribution in [-0.4, -0.2) is 29.3 Å². The Labute approximate surface area is 123 Å². The molecule has 0 fully saturated rings. The van der Waals surface area contributed by atoms with E-state index in [1.54, 1.807) is 6.07 Å². The second-order valence-corrected chi connectivity index (χ2v) is 4.70. The fraction of sp³-hybridized carbons (Fsp3) is 0.231. The zero-order valence-electron chi connectivity index (χ0n) is 10.8. The topological polar surface area (TPSA) is 64.5 Å². The Morgan fingerprint density at radius 2 is 2.05 bits per heavy atom. The van der Waals surface area contributed by atoms with Crippen LogP contribution in [0.1, 0.15) is 17.4 Å². The van der Waals surface area contributed by atoms with Crippen molar-refractivity contribution in [3.05, 3.63) is 45.9 Å². The van der Waals surface area contributed by atoms with Crippen molar-refractivity contribution in [1.29, 1.82) is 0 Å². The zero-order chi connectivity index (χ0) is 14.7. The first-order valence-corrected chi connectivity index (χ1v) is 6.44. The Morgan fingerprint density at radius 3 is 2.65 bits per heavy atom. The van der Waals surface area contributed by atoms with Gasteiger partial charge in [-0.25, -0.2) is 9.37 Å². The minimum absolute atomic E-state index is 0.0743. The predicted molar refractivity (Wildman–Crippen MR) is 73.3 cm³/mol. The molecule has 1 aromatic carbocycles. The third kappa shape index (κ3) is 2.73.